The lowest BCUT2D eigenvalue weighted by molar-refractivity contribution is 0.0947. The molecule has 0 unspecified atom stereocenters. The van der Waals surface area contributed by atoms with E-state index in [-0.39, 0.29) is 17.5 Å². The minimum atomic E-state index is -0.524. The molecule has 1 saturated carbocycles. The van der Waals surface area contributed by atoms with Crippen LogP contribution in [0.4, 0.5) is 4.39 Å². The van der Waals surface area contributed by atoms with Crippen molar-refractivity contribution in [3.63, 3.8) is 0 Å². The zero-order valence-electron chi connectivity index (χ0n) is 19.9. The van der Waals surface area contributed by atoms with Gasteiger partial charge in [0.05, 0.1) is 35.0 Å². The van der Waals surface area contributed by atoms with Crippen LogP contribution in [0.5, 0.6) is 0 Å². The fraction of sp³-hybridized carbons (Fsp3) is 0.385. The molecular weight excluding hydrogens is 445 g/mol. The highest BCUT2D eigenvalue weighted by Crippen LogP contribution is 2.28. The molecular formula is C26H28FN7O. The zero-order chi connectivity index (χ0) is 24.1. The Hall–Kier alpha value is -3.59. The van der Waals surface area contributed by atoms with Crippen molar-refractivity contribution in [1.82, 2.24) is 34.6 Å². The van der Waals surface area contributed by atoms with Gasteiger partial charge in [-0.1, -0.05) is 0 Å². The molecule has 9 heteroatoms. The molecule has 8 nitrogen and oxygen atoms in total. The topological polar surface area (TPSA) is 80.4 Å². The van der Waals surface area contributed by atoms with E-state index in [1.165, 1.54) is 6.07 Å². The van der Waals surface area contributed by atoms with Crippen molar-refractivity contribution in [2.75, 3.05) is 20.1 Å². The van der Waals surface area contributed by atoms with Crippen LogP contribution in [0.3, 0.4) is 0 Å². The summed E-state index contributed by atoms with van der Waals surface area (Å²) in [5.41, 5.74) is 4.94. The third-order valence-electron chi connectivity index (χ3n) is 7.09. The minimum absolute atomic E-state index is 0.0359. The fourth-order valence-electron chi connectivity index (χ4n) is 4.77. The zero-order valence-corrected chi connectivity index (χ0v) is 19.9. The van der Waals surface area contributed by atoms with Crippen molar-refractivity contribution in [3.8, 4) is 16.9 Å². The number of likely N-dealkylation sites (tertiary alicyclic amines) is 1. The summed E-state index contributed by atoms with van der Waals surface area (Å²) in [5, 5.41) is 12.3. The summed E-state index contributed by atoms with van der Waals surface area (Å²) < 4.78 is 18.1. The number of halogens is 1. The van der Waals surface area contributed by atoms with Gasteiger partial charge < -0.3 is 10.2 Å². The highest BCUT2D eigenvalue weighted by atomic mass is 19.1. The molecule has 180 valence electrons. The molecule has 1 saturated heterocycles. The predicted molar refractivity (Wildman–Crippen MR) is 130 cm³/mol. The lowest BCUT2D eigenvalue weighted by Gasteiger charge is -2.28. The largest absolute Gasteiger partial charge is 0.349 e. The molecule has 1 N–H and O–H groups in total. The molecule has 0 bridgehead atoms. The van der Waals surface area contributed by atoms with Crippen molar-refractivity contribution in [3.05, 3.63) is 65.5 Å². The van der Waals surface area contributed by atoms with Crippen molar-refractivity contribution in [2.24, 2.45) is 0 Å². The Balaban J connectivity index is 1.33. The van der Waals surface area contributed by atoms with Gasteiger partial charge in [0.25, 0.3) is 5.91 Å². The molecule has 2 fully saturated rings. The summed E-state index contributed by atoms with van der Waals surface area (Å²) in [5.74, 6) is -0.467. The summed E-state index contributed by atoms with van der Waals surface area (Å²) in [4.78, 5) is 19.4. The van der Waals surface area contributed by atoms with E-state index in [9.17, 15) is 9.18 Å². The van der Waals surface area contributed by atoms with Gasteiger partial charge in [0.1, 0.15) is 5.82 Å². The fourth-order valence-corrected chi connectivity index (χ4v) is 4.77. The van der Waals surface area contributed by atoms with Crippen molar-refractivity contribution < 1.29 is 9.18 Å². The van der Waals surface area contributed by atoms with Crippen molar-refractivity contribution in [1.29, 1.82) is 0 Å². The Morgan fingerprint density at radius 3 is 2.69 bits per heavy atom. The summed E-state index contributed by atoms with van der Waals surface area (Å²) >= 11 is 0. The van der Waals surface area contributed by atoms with Gasteiger partial charge in [0, 0.05) is 23.7 Å². The number of piperidine rings is 1. The Kier molecular flexibility index (Phi) is 5.36. The van der Waals surface area contributed by atoms with Crippen molar-refractivity contribution >= 4 is 11.6 Å². The molecule has 0 atom stereocenters. The first-order valence-electron chi connectivity index (χ1n) is 12.2. The average molecular weight is 474 g/mol. The van der Waals surface area contributed by atoms with Gasteiger partial charge in [-0.3, -0.25) is 4.79 Å². The second-order valence-electron chi connectivity index (χ2n) is 9.79. The van der Waals surface area contributed by atoms with Crippen LogP contribution in [0.25, 0.3) is 22.6 Å². The first-order chi connectivity index (χ1) is 17.0. The molecule has 1 aromatic carbocycles. The summed E-state index contributed by atoms with van der Waals surface area (Å²) in [7, 11) is 2.16. The Bertz CT molecular complexity index is 1410. The highest BCUT2D eigenvalue weighted by molar-refractivity contribution is 5.95. The number of carbonyl (C=O) groups is 1. The summed E-state index contributed by atoms with van der Waals surface area (Å²) in [6, 6.07) is 7.22. The first kappa shape index (κ1) is 21.9. The number of amides is 1. The number of nitrogens with one attached hydrogen (secondary N) is 1. The number of fused-ring (bicyclic) bond motifs is 1. The number of benzene rings is 1. The maximum Gasteiger partial charge on any atom is 0.254 e. The molecule has 3 aromatic heterocycles. The van der Waals surface area contributed by atoms with Gasteiger partial charge in [-0.05, 0) is 82.6 Å². The van der Waals surface area contributed by atoms with E-state index in [4.69, 9.17) is 5.10 Å². The average Bonchev–Trinajstić information content (AvgIpc) is 3.36. The van der Waals surface area contributed by atoms with E-state index < -0.39 is 5.82 Å². The van der Waals surface area contributed by atoms with Gasteiger partial charge in [-0.25, -0.2) is 18.6 Å². The molecule has 6 rings (SSSR count). The quantitative estimate of drug-likeness (QED) is 0.478. The number of carbonyl (C=O) groups excluding carboxylic acids is 1. The third-order valence-corrected chi connectivity index (χ3v) is 7.09. The maximum atomic E-state index is 14.6. The first-order valence-corrected chi connectivity index (χ1v) is 12.2. The number of hydrogen-bond donors (Lipinski definition) is 1. The van der Waals surface area contributed by atoms with E-state index in [0.717, 1.165) is 61.4 Å². The smallest absolute Gasteiger partial charge is 0.254 e. The van der Waals surface area contributed by atoms with Gasteiger partial charge in [0.2, 0.25) is 0 Å². The molecule has 0 radical (unpaired) electrons. The normalized spacial score (nSPS) is 17.2. The Labute approximate surface area is 202 Å². The van der Waals surface area contributed by atoms with Crippen LogP contribution in [-0.2, 0) is 0 Å². The summed E-state index contributed by atoms with van der Waals surface area (Å²) in [6.07, 6.45) is 9.50. The van der Waals surface area contributed by atoms with Crippen LogP contribution >= 0.6 is 0 Å². The van der Waals surface area contributed by atoms with Crippen molar-refractivity contribution in [2.45, 2.75) is 44.6 Å². The number of imidazole rings is 1. The van der Waals surface area contributed by atoms with Crippen LogP contribution in [0, 0.1) is 12.7 Å². The Morgan fingerprint density at radius 1 is 1.11 bits per heavy atom. The van der Waals surface area contributed by atoms with Crippen LogP contribution in [0.1, 0.15) is 53.2 Å². The number of aromatic nitrogens is 5. The van der Waals surface area contributed by atoms with Gasteiger partial charge in [-0.2, -0.15) is 10.2 Å². The molecule has 1 amide bonds. The van der Waals surface area contributed by atoms with Crippen LogP contribution in [0.15, 0.2) is 42.9 Å². The molecule has 35 heavy (non-hydrogen) atoms. The minimum Gasteiger partial charge on any atom is -0.349 e. The van der Waals surface area contributed by atoms with E-state index >= 15 is 0 Å². The molecule has 1 aliphatic heterocycles. The van der Waals surface area contributed by atoms with E-state index in [2.05, 4.69) is 33.4 Å². The lowest BCUT2D eigenvalue weighted by atomic mass is 9.94. The monoisotopic (exact) mass is 473 g/mol. The van der Waals surface area contributed by atoms with Gasteiger partial charge >= 0.3 is 0 Å². The van der Waals surface area contributed by atoms with E-state index in [0.29, 0.717) is 17.2 Å². The third kappa shape index (κ3) is 4.20. The van der Waals surface area contributed by atoms with Gasteiger partial charge in [0.15, 0.2) is 5.65 Å². The second-order valence-corrected chi connectivity index (χ2v) is 9.79. The maximum absolute atomic E-state index is 14.6. The number of aryl methyl sites for hydroxylation is 1. The number of hydrogen-bond acceptors (Lipinski definition) is 5. The molecule has 2 aliphatic rings. The molecule has 1 aliphatic carbocycles. The molecule has 4 heterocycles. The highest BCUT2D eigenvalue weighted by Gasteiger charge is 2.26. The van der Waals surface area contributed by atoms with Crippen LogP contribution in [-0.4, -0.2) is 61.4 Å². The van der Waals surface area contributed by atoms with Crippen LogP contribution < -0.4 is 5.32 Å². The van der Waals surface area contributed by atoms with E-state index in [1.54, 1.807) is 23.1 Å². The molecule has 4 aromatic rings. The number of nitrogens with zero attached hydrogens (tertiary/aromatic N) is 6. The lowest BCUT2D eigenvalue weighted by Crippen LogP contribution is -2.29. The van der Waals surface area contributed by atoms with E-state index in [1.807, 2.05) is 23.7 Å². The molecule has 0 spiro atoms. The number of rotatable bonds is 5. The Morgan fingerprint density at radius 2 is 1.91 bits per heavy atom. The van der Waals surface area contributed by atoms with Crippen LogP contribution in [0.2, 0.25) is 0 Å². The predicted octanol–water partition coefficient (Wildman–Crippen LogP) is 3.73. The summed E-state index contributed by atoms with van der Waals surface area (Å²) in [6.45, 7) is 3.96. The standard InChI is InChI=1S/C26H28FN7O/c1-16-11-21(27)20(26(35)30-19-3-4-19)12-23(16)33-15-18(13-29-33)24-14-28-25-6-5-22(31-34(24)25)17-7-9-32(2)10-8-17/h5-6,11-15,17,19H,3-4,7-10H2,1-2H3,(H,30,35). The SMILES string of the molecule is Cc1cc(F)c(C(=O)NC2CC2)cc1-n1cc(-c2cnc3ccc(C4CCN(C)CC4)nn23)cn1. The second kappa shape index (κ2) is 8.57. The van der Waals surface area contributed by atoms with Gasteiger partial charge in [-0.15, -0.1) is 0 Å².